The molecule has 0 amide bonds. The quantitative estimate of drug-likeness (QED) is 0.148. The van der Waals surface area contributed by atoms with Crippen LogP contribution >= 0.6 is 0 Å². The summed E-state index contributed by atoms with van der Waals surface area (Å²) in [6, 6.07) is 86.3. The van der Waals surface area contributed by atoms with E-state index in [1.54, 1.807) is 0 Å². The molecule has 1 heteroatoms. The summed E-state index contributed by atoms with van der Waals surface area (Å²) >= 11 is 0. The van der Waals surface area contributed by atoms with E-state index in [1.807, 2.05) is 0 Å². The Morgan fingerprint density at radius 2 is 0.953 bits per heavy atom. The van der Waals surface area contributed by atoms with Gasteiger partial charge in [-0.05, 0) is 126 Å². The minimum absolute atomic E-state index is 0.523. The Morgan fingerprint density at radius 1 is 0.375 bits per heavy atom. The molecule has 1 nitrogen and oxygen atoms in total. The molecule has 0 atom stereocenters. The Morgan fingerprint density at radius 3 is 1.75 bits per heavy atom. The molecule has 10 aromatic rings. The summed E-state index contributed by atoms with van der Waals surface area (Å²) in [5.74, 6) is 0.571. The molecule has 64 heavy (non-hydrogen) atoms. The van der Waals surface area contributed by atoms with Crippen molar-refractivity contribution in [2.75, 3.05) is 4.90 Å². The number of rotatable bonds is 8. The first-order chi connectivity index (χ1) is 31.8. The molecule has 1 saturated carbocycles. The number of hydrogen-bond acceptors (Lipinski definition) is 1. The lowest BCUT2D eigenvalue weighted by atomic mass is 9.67. The van der Waals surface area contributed by atoms with Crippen LogP contribution in [0.25, 0.3) is 54.9 Å². The van der Waals surface area contributed by atoms with Crippen molar-refractivity contribution in [3.05, 3.63) is 258 Å². The van der Waals surface area contributed by atoms with Gasteiger partial charge in [-0.15, -0.1) is 0 Å². The number of nitrogens with zero attached hydrogens (tertiary/aromatic N) is 1. The van der Waals surface area contributed by atoms with Gasteiger partial charge in [0.15, 0.2) is 0 Å². The largest absolute Gasteiger partial charge is 0.310 e. The lowest BCUT2D eigenvalue weighted by Gasteiger charge is -2.35. The summed E-state index contributed by atoms with van der Waals surface area (Å²) in [5.41, 5.74) is 17.0. The highest BCUT2D eigenvalue weighted by atomic mass is 15.1. The molecule has 306 valence electrons. The Kier molecular flexibility index (Phi) is 9.56. The van der Waals surface area contributed by atoms with Crippen molar-refractivity contribution >= 4 is 38.6 Å². The molecule has 0 aromatic heterocycles. The predicted octanol–water partition coefficient (Wildman–Crippen LogP) is 17.2. The minimum atomic E-state index is -0.523. The summed E-state index contributed by atoms with van der Waals surface area (Å²) in [7, 11) is 0. The average molecular weight is 820 g/mol. The van der Waals surface area contributed by atoms with E-state index in [0.717, 1.165) is 17.1 Å². The molecule has 12 rings (SSSR count). The van der Waals surface area contributed by atoms with Crippen molar-refractivity contribution in [1.82, 2.24) is 0 Å². The van der Waals surface area contributed by atoms with Crippen molar-refractivity contribution in [1.29, 1.82) is 0 Å². The van der Waals surface area contributed by atoms with Crippen LogP contribution in [-0.2, 0) is 5.41 Å². The van der Waals surface area contributed by atoms with E-state index in [-0.39, 0.29) is 0 Å². The van der Waals surface area contributed by atoms with E-state index in [0.29, 0.717) is 5.92 Å². The molecule has 2 aliphatic carbocycles. The third kappa shape index (κ3) is 6.21. The summed E-state index contributed by atoms with van der Waals surface area (Å²) in [4.78, 5) is 2.54. The molecule has 0 N–H and O–H groups in total. The van der Waals surface area contributed by atoms with Crippen LogP contribution in [0, 0.1) is 0 Å². The van der Waals surface area contributed by atoms with E-state index in [2.05, 4.69) is 235 Å². The standard InChI is InChI=1S/C63H49N/c1-4-20-45(21-5-1)54-36-18-24-46-25-19-37-58(62(46)54)57-34-13-15-39-61(57)64(50-31-16-26-47(42-50)53-35-17-23-44-22-10-11-32-52(44)53)51-40-41-56-55-33-12-14-38-59(55)63(60(56)43-51,48-27-6-2-7-28-48)49-29-8-3-9-30-49/h2-3,6-19,22-43,45H,1,4-5,20-21H2. The Balaban J connectivity index is 1.13. The highest BCUT2D eigenvalue weighted by Gasteiger charge is 2.46. The van der Waals surface area contributed by atoms with E-state index in [4.69, 9.17) is 0 Å². The molecule has 0 spiro atoms. The maximum atomic E-state index is 2.54. The van der Waals surface area contributed by atoms with Gasteiger partial charge in [-0.2, -0.15) is 0 Å². The topological polar surface area (TPSA) is 3.24 Å². The first-order valence-corrected chi connectivity index (χ1v) is 23.1. The summed E-state index contributed by atoms with van der Waals surface area (Å²) < 4.78 is 0. The van der Waals surface area contributed by atoms with Crippen LogP contribution in [0.5, 0.6) is 0 Å². The maximum absolute atomic E-state index is 2.54. The zero-order valence-electron chi connectivity index (χ0n) is 36.0. The molecule has 1 fully saturated rings. The lowest BCUT2D eigenvalue weighted by molar-refractivity contribution is 0.445. The molecule has 0 heterocycles. The van der Waals surface area contributed by atoms with Gasteiger partial charge in [0.25, 0.3) is 0 Å². The predicted molar refractivity (Wildman–Crippen MR) is 270 cm³/mol. The fourth-order valence-corrected chi connectivity index (χ4v) is 11.5. The number of fused-ring (bicyclic) bond motifs is 5. The van der Waals surface area contributed by atoms with Gasteiger partial charge in [0.05, 0.1) is 11.1 Å². The van der Waals surface area contributed by atoms with Crippen LogP contribution in [0.15, 0.2) is 231 Å². The van der Waals surface area contributed by atoms with Crippen LogP contribution in [0.3, 0.4) is 0 Å². The zero-order valence-corrected chi connectivity index (χ0v) is 36.0. The van der Waals surface area contributed by atoms with Gasteiger partial charge < -0.3 is 4.90 Å². The molecule has 0 bridgehead atoms. The number of benzene rings is 10. The van der Waals surface area contributed by atoms with Gasteiger partial charge in [0.1, 0.15) is 0 Å². The molecule has 10 aromatic carbocycles. The summed E-state index contributed by atoms with van der Waals surface area (Å²) in [6.45, 7) is 0. The Labute approximate surface area is 376 Å². The second-order valence-corrected chi connectivity index (χ2v) is 17.8. The summed E-state index contributed by atoms with van der Waals surface area (Å²) in [5, 5.41) is 5.20. The maximum Gasteiger partial charge on any atom is 0.0714 e. The van der Waals surface area contributed by atoms with Crippen LogP contribution < -0.4 is 4.90 Å². The number of hydrogen-bond donors (Lipinski definition) is 0. The number of para-hydroxylation sites is 1. The van der Waals surface area contributed by atoms with Crippen molar-refractivity contribution in [2.24, 2.45) is 0 Å². The van der Waals surface area contributed by atoms with E-state index >= 15 is 0 Å². The Bertz CT molecular complexity index is 3270. The van der Waals surface area contributed by atoms with Gasteiger partial charge >= 0.3 is 0 Å². The monoisotopic (exact) mass is 819 g/mol. The smallest absolute Gasteiger partial charge is 0.0714 e. The molecule has 0 aliphatic heterocycles. The van der Waals surface area contributed by atoms with Crippen LogP contribution in [0.2, 0.25) is 0 Å². The molecule has 0 radical (unpaired) electrons. The third-order valence-electron chi connectivity index (χ3n) is 14.3. The second-order valence-electron chi connectivity index (χ2n) is 17.8. The summed E-state index contributed by atoms with van der Waals surface area (Å²) in [6.07, 6.45) is 6.45. The fraction of sp³-hybridized carbons (Fsp3) is 0.111. The Hall–Kier alpha value is -7.48. The van der Waals surface area contributed by atoms with Gasteiger partial charge in [-0.3, -0.25) is 0 Å². The van der Waals surface area contributed by atoms with Crippen LogP contribution in [0.4, 0.5) is 17.1 Å². The fourth-order valence-electron chi connectivity index (χ4n) is 11.5. The number of anilines is 3. The minimum Gasteiger partial charge on any atom is -0.310 e. The van der Waals surface area contributed by atoms with Crippen molar-refractivity contribution < 1.29 is 0 Å². The SMILES string of the molecule is c1ccc(C2(c3ccccc3)c3ccccc3-c3ccc(N(c4cccc(-c5cccc6ccccc56)c4)c4ccccc4-c4cccc5cccc(C6CCCCC6)c45)cc32)cc1. The van der Waals surface area contributed by atoms with E-state index in [1.165, 1.54) is 115 Å². The van der Waals surface area contributed by atoms with Crippen molar-refractivity contribution in [2.45, 2.75) is 43.4 Å². The van der Waals surface area contributed by atoms with E-state index in [9.17, 15) is 0 Å². The van der Waals surface area contributed by atoms with Gasteiger partial charge in [-0.1, -0.05) is 219 Å². The first kappa shape index (κ1) is 38.2. The van der Waals surface area contributed by atoms with Gasteiger partial charge in [-0.25, -0.2) is 0 Å². The zero-order chi connectivity index (χ0) is 42.5. The first-order valence-electron chi connectivity index (χ1n) is 23.1. The van der Waals surface area contributed by atoms with Crippen LogP contribution in [0.1, 0.15) is 65.8 Å². The third-order valence-corrected chi connectivity index (χ3v) is 14.3. The van der Waals surface area contributed by atoms with Crippen molar-refractivity contribution in [3.8, 4) is 33.4 Å². The second kappa shape index (κ2) is 16.0. The average Bonchev–Trinajstić information content (AvgIpc) is 3.67. The highest BCUT2D eigenvalue weighted by Crippen LogP contribution is 2.58. The molecule has 2 aliphatic rings. The molecule has 0 unspecified atom stereocenters. The van der Waals surface area contributed by atoms with E-state index < -0.39 is 5.41 Å². The van der Waals surface area contributed by atoms with Crippen LogP contribution in [-0.4, -0.2) is 0 Å². The normalized spacial score (nSPS) is 14.3. The highest BCUT2D eigenvalue weighted by molar-refractivity contribution is 6.04. The van der Waals surface area contributed by atoms with Gasteiger partial charge in [0, 0.05) is 16.9 Å². The molecule has 0 saturated heterocycles. The van der Waals surface area contributed by atoms with Gasteiger partial charge in [0.2, 0.25) is 0 Å². The lowest BCUT2D eigenvalue weighted by Crippen LogP contribution is -2.28. The van der Waals surface area contributed by atoms with Crippen molar-refractivity contribution in [3.63, 3.8) is 0 Å². The molecular formula is C63H49N. The molecular weight excluding hydrogens is 771 g/mol.